The molecule has 2 aromatic carbocycles. The van der Waals surface area contributed by atoms with Gasteiger partial charge in [-0.3, -0.25) is 9.78 Å². The second-order valence-electron chi connectivity index (χ2n) is 7.21. The highest BCUT2D eigenvalue weighted by atomic mass is 79.9. The predicted molar refractivity (Wildman–Crippen MR) is 117 cm³/mol. The number of hydrogen-bond acceptors (Lipinski definition) is 4. The summed E-state index contributed by atoms with van der Waals surface area (Å²) < 4.78 is 14.1. The van der Waals surface area contributed by atoms with Crippen LogP contribution in [0, 0.1) is 12.7 Å². The van der Waals surface area contributed by atoms with E-state index in [4.69, 9.17) is 0 Å². The summed E-state index contributed by atoms with van der Waals surface area (Å²) in [7, 11) is 0. The minimum atomic E-state index is -0.229. The number of halogens is 2. The molecule has 0 atom stereocenters. The van der Waals surface area contributed by atoms with Crippen LogP contribution in [0.2, 0.25) is 0 Å². The van der Waals surface area contributed by atoms with Crippen molar-refractivity contribution in [2.45, 2.75) is 13.3 Å². The van der Waals surface area contributed by atoms with Crippen molar-refractivity contribution in [2.24, 2.45) is 0 Å². The Hall–Kier alpha value is -2.67. The maximum absolute atomic E-state index is 13.1. The van der Waals surface area contributed by atoms with Gasteiger partial charge in [-0.05, 0) is 48.9 Å². The molecule has 1 saturated heterocycles. The number of H-pyrrole nitrogens is 1. The number of benzene rings is 2. The molecule has 0 radical (unpaired) electrons. The Morgan fingerprint density at radius 1 is 1.00 bits per heavy atom. The van der Waals surface area contributed by atoms with Crippen LogP contribution in [0.4, 0.5) is 16.0 Å². The minimum absolute atomic E-state index is 0.0867. The summed E-state index contributed by atoms with van der Waals surface area (Å²) in [6.45, 7) is 4.95. The molecule has 0 saturated carbocycles. The lowest BCUT2D eigenvalue weighted by atomic mass is 10.1. The molecule has 5 nitrogen and oxygen atoms in total. The molecule has 2 heterocycles. The average Bonchev–Trinajstić information content (AvgIpc) is 2.73. The normalized spacial score (nSPS) is 14.3. The molecule has 0 bridgehead atoms. The average molecular weight is 457 g/mol. The van der Waals surface area contributed by atoms with E-state index in [9.17, 15) is 9.18 Å². The van der Waals surface area contributed by atoms with Crippen LogP contribution in [0.5, 0.6) is 0 Å². The van der Waals surface area contributed by atoms with Gasteiger partial charge in [-0.1, -0.05) is 28.1 Å². The molecule has 1 N–H and O–H groups in total. The highest BCUT2D eigenvalue weighted by Crippen LogP contribution is 2.19. The van der Waals surface area contributed by atoms with Crippen molar-refractivity contribution in [3.63, 3.8) is 0 Å². The van der Waals surface area contributed by atoms with Gasteiger partial charge < -0.3 is 9.80 Å². The largest absolute Gasteiger partial charge is 0.368 e. The Morgan fingerprint density at radius 2 is 1.62 bits per heavy atom. The van der Waals surface area contributed by atoms with Gasteiger partial charge in [0.15, 0.2) is 0 Å². The van der Waals surface area contributed by atoms with Crippen LogP contribution in [0.1, 0.15) is 16.8 Å². The number of aryl methyl sites for hydroxylation is 1. The number of anilines is 2. The first-order chi connectivity index (χ1) is 14.0. The van der Waals surface area contributed by atoms with Gasteiger partial charge in [0.05, 0.1) is 5.69 Å². The Kier molecular flexibility index (Phi) is 5.67. The minimum Gasteiger partial charge on any atom is -0.368 e. The van der Waals surface area contributed by atoms with Gasteiger partial charge in [0.25, 0.3) is 5.56 Å². The summed E-state index contributed by atoms with van der Waals surface area (Å²) >= 11 is 3.43. The maximum Gasteiger partial charge on any atom is 0.256 e. The zero-order valence-electron chi connectivity index (χ0n) is 16.2. The first kappa shape index (κ1) is 19.6. The van der Waals surface area contributed by atoms with E-state index in [-0.39, 0.29) is 11.4 Å². The first-order valence-electron chi connectivity index (χ1n) is 9.59. The van der Waals surface area contributed by atoms with E-state index < -0.39 is 0 Å². The molecule has 0 spiro atoms. The summed E-state index contributed by atoms with van der Waals surface area (Å²) in [5.41, 5.74) is 3.45. The van der Waals surface area contributed by atoms with Crippen molar-refractivity contribution in [1.82, 2.24) is 9.97 Å². The van der Waals surface area contributed by atoms with Crippen molar-refractivity contribution in [1.29, 1.82) is 0 Å². The fourth-order valence-electron chi connectivity index (χ4n) is 3.59. The molecule has 4 rings (SSSR count). The third-order valence-electron chi connectivity index (χ3n) is 5.27. The Balaban J connectivity index is 1.46. The number of rotatable bonds is 4. The van der Waals surface area contributed by atoms with Crippen LogP contribution in [-0.2, 0) is 6.42 Å². The lowest BCUT2D eigenvalue weighted by Crippen LogP contribution is -2.47. The summed E-state index contributed by atoms with van der Waals surface area (Å²) in [4.78, 5) is 24.7. The van der Waals surface area contributed by atoms with Crippen molar-refractivity contribution < 1.29 is 4.39 Å². The smallest absolute Gasteiger partial charge is 0.256 e. The second kappa shape index (κ2) is 8.37. The fourth-order valence-corrected chi connectivity index (χ4v) is 3.85. The van der Waals surface area contributed by atoms with E-state index in [0.29, 0.717) is 17.9 Å². The Morgan fingerprint density at radius 3 is 2.24 bits per heavy atom. The summed E-state index contributed by atoms with van der Waals surface area (Å²) in [6, 6.07) is 14.5. The monoisotopic (exact) mass is 456 g/mol. The quantitative estimate of drug-likeness (QED) is 0.646. The number of nitrogens with zero attached hydrogens (tertiary/aromatic N) is 3. The molecule has 0 amide bonds. The predicted octanol–water partition coefficient (Wildman–Crippen LogP) is 3.90. The summed E-state index contributed by atoms with van der Waals surface area (Å²) in [5.74, 6) is 0.388. The van der Waals surface area contributed by atoms with Gasteiger partial charge >= 0.3 is 0 Å². The van der Waals surface area contributed by atoms with E-state index in [1.54, 1.807) is 12.1 Å². The second-order valence-corrected chi connectivity index (χ2v) is 8.12. The van der Waals surface area contributed by atoms with Crippen LogP contribution >= 0.6 is 15.9 Å². The van der Waals surface area contributed by atoms with E-state index in [1.807, 2.05) is 31.2 Å². The van der Waals surface area contributed by atoms with E-state index in [0.717, 1.165) is 47.6 Å². The molecule has 29 heavy (non-hydrogen) atoms. The molecule has 1 fully saturated rings. The number of nitrogens with one attached hydrogen (secondary N) is 1. The standard InChI is InChI=1S/C22H22BrFN4O/c1-15-20(14-16-2-4-17(23)5-3-16)21(29)26-22(25-15)28-12-10-27(11-13-28)19-8-6-18(24)7-9-19/h2-9H,10-14H2,1H3,(H,25,26,29). The van der Waals surface area contributed by atoms with E-state index >= 15 is 0 Å². The third-order valence-corrected chi connectivity index (χ3v) is 5.80. The van der Waals surface area contributed by atoms with Gasteiger partial charge in [0.2, 0.25) is 5.95 Å². The van der Waals surface area contributed by atoms with Crippen molar-refractivity contribution in [3.05, 3.63) is 86.0 Å². The van der Waals surface area contributed by atoms with Crippen LogP contribution in [0.15, 0.2) is 57.8 Å². The zero-order chi connectivity index (χ0) is 20.4. The lowest BCUT2D eigenvalue weighted by molar-refractivity contribution is 0.622. The van der Waals surface area contributed by atoms with Crippen molar-refractivity contribution in [2.75, 3.05) is 36.0 Å². The van der Waals surface area contributed by atoms with Gasteiger partial charge in [-0.15, -0.1) is 0 Å². The number of aromatic nitrogens is 2. The molecule has 150 valence electrons. The molecular weight excluding hydrogens is 435 g/mol. The zero-order valence-corrected chi connectivity index (χ0v) is 17.7. The van der Waals surface area contributed by atoms with Gasteiger partial charge in [-0.2, -0.15) is 0 Å². The highest BCUT2D eigenvalue weighted by Gasteiger charge is 2.20. The number of aromatic amines is 1. The van der Waals surface area contributed by atoms with Crippen molar-refractivity contribution in [3.8, 4) is 0 Å². The number of hydrogen-bond donors (Lipinski definition) is 1. The van der Waals surface area contributed by atoms with Gasteiger partial charge in [-0.25, -0.2) is 9.37 Å². The van der Waals surface area contributed by atoms with Gasteiger partial charge in [0.1, 0.15) is 5.82 Å². The molecule has 1 aliphatic heterocycles. The topological polar surface area (TPSA) is 52.2 Å². The summed E-state index contributed by atoms with van der Waals surface area (Å²) in [5, 5.41) is 0. The number of piperazine rings is 1. The molecule has 1 aliphatic rings. The van der Waals surface area contributed by atoms with Gasteiger partial charge in [0, 0.05) is 48.3 Å². The Labute approximate surface area is 177 Å². The molecule has 7 heteroatoms. The molecular formula is C22H22BrFN4O. The Bertz CT molecular complexity index is 1040. The third kappa shape index (κ3) is 4.50. The van der Waals surface area contributed by atoms with Crippen LogP contribution in [-0.4, -0.2) is 36.1 Å². The molecule has 1 aromatic heterocycles. The van der Waals surface area contributed by atoms with E-state index in [1.165, 1.54) is 12.1 Å². The lowest BCUT2D eigenvalue weighted by Gasteiger charge is -2.36. The van der Waals surface area contributed by atoms with Crippen molar-refractivity contribution >= 4 is 27.6 Å². The molecule has 0 unspecified atom stereocenters. The highest BCUT2D eigenvalue weighted by molar-refractivity contribution is 9.10. The molecule has 0 aliphatic carbocycles. The SMILES string of the molecule is Cc1nc(N2CCN(c3ccc(F)cc3)CC2)[nH]c(=O)c1Cc1ccc(Br)cc1. The maximum atomic E-state index is 13.1. The van der Waals surface area contributed by atoms with Crippen LogP contribution in [0.25, 0.3) is 0 Å². The van der Waals surface area contributed by atoms with Crippen LogP contribution in [0.3, 0.4) is 0 Å². The van der Waals surface area contributed by atoms with Crippen LogP contribution < -0.4 is 15.4 Å². The summed E-state index contributed by atoms with van der Waals surface area (Å²) in [6.07, 6.45) is 0.556. The fraction of sp³-hybridized carbons (Fsp3) is 0.273. The molecule has 3 aromatic rings. The van der Waals surface area contributed by atoms with E-state index in [2.05, 4.69) is 35.7 Å². The first-order valence-corrected chi connectivity index (χ1v) is 10.4.